The Hall–Kier alpha value is -6.00. The maximum absolute atomic E-state index is 6.84. The molecule has 1 unspecified atom stereocenters. The van der Waals surface area contributed by atoms with Gasteiger partial charge in [-0.15, -0.1) is 0 Å². The number of hydrogen-bond donors (Lipinski definition) is 1. The molecule has 16 heteroatoms. The molecule has 6 aromatic rings. The van der Waals surface area contributed by atoms with Crippen LogP contribution in [0.5, 0.6) is 11.5 Å². The Bertz CT molecular complexity index is 2530. The Morgan fingerprint density at radius 2 is 1.27 bits per heavy atom. The summed E-state index contributed by atoms with van der Waals surface area (Å²) in [6.45, 7) is 11.1. The zero-order valence-corrected chi connectivity index (χ0v) is 36.4. The second-order valence-electron chi connectivity index (χ2n) is 17.3. The number of benzene rings is 2. The van der Waals surface area contributed by atoms with Crippen LogP contribution in [0.25, 0.3) is 22.1 Å². The van der Waals surface area contributed by atoms with Crippen LogP contribution in [0, 0.1) is 20.8 Å². The summed E-state index contributed by atoms with van der Waals surface area (Å²) in [7, 11) is 0. The van der Waals surface area contributed by atoms with Gasteiger partial charge in [0.05, 0.1) is 49.6 Å². The van der Waals surface area contributed by atoms with E-state index in [9.17, 15) is 0 Å². The average molecular weight is 853 g/mol. The van der Waals surface area contributed by atoms with E-state index >= 15 is 0 Å². The van der Waals surface area contributed by atoms with Crippen molar-refractivity contribution in [3.05, 3.63) is 84.6 Å². The number of aromatic nitrogens is 8. The van der Waals surface area contributed by atoms with Crippen molar-refractivity contribution >= 4 is 45.2 Å². The molecule has 63 heavy (non-hydrogen) atoms. The van der Waals surface area contributed by atoms with Crippen molar-refractivity contribution in [3.63, 3.8) is 0 Å². The van der Waals surface area contributed by atoms with E-state index in [2.05, 4.69) is 73.1 Å². The van der Waals surface area contributed by atoms with Crippen LogP contribution in [-0.4, -0.2) is 116 Å². The Kier molecular flexibility index (Phi) is 12.0. The summed E-state index contributed by atoms with van der Waals surface area (Å²) in [5, 5.41) is 3.62. The SMILES string of the molecule is Cc1cnc(N(C2CN(c3cc(O[C@H]4CC[C@@H](Nc5ncncc5C)CC4)c4nccnc4c3)CCO2)[C@H]2CC[C@@H](Oc3cc(N4CCOCC4)cc4nccnc34)CC2)nc1C. The molecule has 2 aliphatic carbocycles. The Labute approximate surface area is 367 Å². The minimum absolute atomic E-state index is 0.0313. The zero-order valence-electron chi connectivity index (χ0n) is 36.4. The van der Waals surface area contributed by atoms with Gasteiger partial charge in [-0.25, -0.2) is 29.9 Å². The molecule has 1 atom stereocenters. The topological polar surface area (TPSA) is 162 Å². The fourth-order valence-corrected chi connectivity index (χ4v) is 9.49. The lowest BCUT2D eigenvalue weighted by atomic mass is 9.91. The lowest BCUT2D eigenvalue weighted by Crippen LogP contribution is -2.56. The first-order valence-corrected chi connectivity index (χ1v) is 22.6. The van der Waals surface area contributed by atoms with Gasteiger partial charge >= 0.3 is 0 Å². The third-order valence-electron chi connectivity index (χ3n) is 13.1. The quantitative estimate of drug-likeness (QED) is 0.145. The highest BCUT2D eigenvalue weighted by Crippen LogP contribution is 2.37. The van der Waals surface area contributed by atoms with Gasteiger partial charge < -0.3 is 39.0 Å². The molecule has 4 aliphatic rings. The summed E-state index contributed by atoms with van der Waals surface area (Å²) in [6.07, 6.45) is 19.5. The predicted molar refractivity (Wildman–Crippen MR) is 242 cm³/mol. The number of nitrogens with zero attached hydrogens (tertiary/aromatic N) is 11. The summed E-state index contributed by atoms with van der Waals surface area (Å²) in [5.41, 5.74) is 8.42. The predicted octanol–water partition coefficient (Wildman–Crippen LogP) is 6.78. The number of ether oxygens (including phenoxy) is 4. The molecule has 0 spiro atoms. The Balaban J connectivity index is 0.854. The highest BCUT2D eigenvalue weighted by molar-refractivity contribution is 5.86. The fraction of sp³-hybridized carbons (Fsp3) is 0.489. The van der Waals surface area contributed by atoms with E-state index in [1.807, 2.05) is 19.3 Å². The largest absolute Gasteiger partial charge is 0.488 e. The number of hydrogen-bond acceptors (Lipinski definition) is 16. The molecule has 0 amide bonds. The Morgan fingerprint density at radius 1 is 0.651 bits per heavy atom. The highest BCUT2D eigenvalue weighted by Gasteiger charge is 2.37. The lowest BCUT2D eigenvalue weighted by molar-refractivity contribution is 0.0258. The van der Waals surface area contributed by atoms with Crippen molar-refractivity contribution in [2.45, 2.75) is 103 Å². The lowest BCUT2D eigenvalue weighted by Gasteiger charge is -2.45. The molecular weight excluding hydrogens is 797 g/mol. The fourth-order valence-electron chi connectivity index (χ4n) is 9.49. The second-order valence-corrected chi connectivity index (χ2v) is 17.3. The molecule has 4 aromatic heterocycles. The van der Waals surface area contributed by atoms with E-state index < -0.39 is 0 Å². The number of aryl methyl sites for hydroxylation is 3. The van der Waals surface area contributed by atoms with Gasteiger partial charge in [-0.3, -0.25) is 9.97 Å². The van der Waals surface area contributed by atoms with Crippen molar-refractivity contribution < 1.29 is 18.9 Å². The van der Waals surface area contributed by atoms with E-state index in [1.54, 1.807) is 31.1 Å². The van der Waals surface area contributed by atoms with E-state index in [1.165, 1.54) is 0 Å². The van der Waals surface area contributed by atoms with Crippen molar-refractivity contribution in [1.82, 2.24) is 39.9 Å². The van der Waals surface area contributed by atoms with Crippen LogP contribution in [-0.2, 0) is 9.47 Å². The number of fused-ring (bicyclic) bond motifs is 2. The Morgan fingerprint density at radius 3 is 1.92 bits per heavy atom. The summed E-state index contributed by atoms with van der Waals surface area (Å²) in [5.74, 6) is 3.15. The van der Waals surface area contributed by atoms with Crippen LogP contribution in [0.3, 0.4) is 0 Å². The maximum atomic E-state index is 6.84. The molecule has 2 saturated carbocycles. The van der Waals surface area contributed by atoms with E-state index in [-0.39, 0.29) is 24.5 Å². The van der Waals surface area contributed by atoms with E-state index in [0.717, 1.165) is 139 Å². The first-order valence-electron chi connectivity index (χ1n) is 22.6. The number of rotatable bonds is 11. The van der Waals surface area contributed by atoms with Gasteiger partial charge in [0.2, 0.25) is 5.95 Å². The molecule has 6 heterocycles. The van der Waals surface area contributed by atoms with Crippen molar-refractivity contribution in [1.29, 1.82) is 0 Å². The molecule has 0 bridgehead atoms. The summed E-state index contributed by atoms with van der Waals surface area (Å²) in [4.78, 5) is 44.5. The van der Waals surface area contributed by atoms with Crippen LogP contribution in [0.2, 0.25) is 0 Å². The molecule has 0 radical (unpaired) electrons. The molecule has 1 N–H and O–H groups in total. The van der Waals surface area contributed by atoms with Crippen LogP contribution in [0.4, 0.5) is 23.1 Å². The third kappa shape index (κ3) is 9.09. The van der Waals surface area contributed by atoms with Crippen molar-refractivity contribution in [2.24, 2.45) is 0 Å². The number of anilines is 4. The third-order valence-corrected chi connectivity index (χ3v) is 13.1. The van der Waals surface area contributed by atoms with E-state index in [4.69, 9.17) is 43.9 Å². The van der Waals surface area contributed by atoms with Crippen LogP contribution < -0.4 is 29.5 Å². The van der Waals surface area contributed by atoms with Crippen molar-refractivity contribution in [3.8, 4) is 11.5 Å². The first-order chi connectivity index (χ1) is 30.9. The average Bonchev–Trinajstić information content (AvgIpc) is 3.32. The smallest absolute Gasteiger partial charge is 0.227 e. The van der Waals surface area contributed by atoms with Crippen LogP contribution in [0.1, 0.15) is 68.2 Å². The monoisotopic (exact) mass is 852 g/mol. The first kappa shape index (κ1) is 41.0. The number of nitrogens with one attached hydrogen (secondary N) is 1. The number of morpholine rings is 2. The second kappa shape index (κ2) is 18.4. The molecule has 4 fully saturated rings. The van der Waals surface area contributed by atoms with Gasteiger partial charge in [-0.05, 0) is 89.8 Å². The highest BCUT2D eigenvalue weighted by atomic mass is 16.5. The summed E-state index contributed by atoms with van der Waals surface area (Å²) >= 11 is 0. The molecule has 2 aromatic carbocycles. The summed E-state index contributed by atoms with van der Waals surface area (Å²) in [6, 6.07) is 9.01. The van der Waals surface area contributed by atoms with Gasteiger partial charge in [0.15, 0.2) is 0 Å². The van der Waals surface area contributed by atoms with Crippen LogP contribution in [0.15, 0.2) is 67.8 Å². The molecule has 328 valence electrons. The maximum Gasteiger partial charge on any atom is 0.227 e. The molecule has 2 saturated heterocycles. The van der Waals surface area contributed by atoms with Gasteiger partial charge in [0.25, 0.3) is 0 Å². The van der Waals surface area contributed by atoms with Gasteiger partial charge in [0, 0.05) is 104 Å². The van der Waals surface area contributed by atoms with Gasteiger partial charge in [0.1, 0.15) is 40.9 Å². The molecule has 2 aliphatic heterocycles. The normalized spacial score (nSPS) is 23.1. The van der Waals surface area contributed by atoms with Gasteiger partial charge in [-0.1, -0.05) is 0 Å². The summed E-state index contributed by atoms with van der Waals surface area (Å²) < 4.78 is 26.0. The van der Waals surface area contributed by atoms with Crippen molar-refractivity contribution in [2.75, 3.05) is 66.0 Å². The van der Waals surface area contributed by atoms with Gasteiger partial charge in [-0.2, -0.15) is 0 Å². The minimum atomic E-state index is -0.282. The van der Waals surface area contributed by atoms with E-state index in [0.29, 0.717) is 38.4 Å². The zero-order chi connectivity index (χ0) is 42.7. The molecular formula is C47H56N12O4. The molecule has 10 rings (SSSR count). The minimum Gasteiger partial charge on any atom is -0.488 e. The standard InChI is InChI=1S/C47H56N12O4/c1-30-27-53-47(55-32(30)3)59(34-6-10-38(11-7-34)63-41-24-35(57-16-19-60-20-17-57)22-39-44(41)51-14-12-49-39)43-28-58(18-21-61-43)36-23-40-45(52-15-13-50-40)42(25-36)62-37-8-4-33(5-9-37)56-46-31(2)26-48-29-54-46/h12-15,22-27,29,33-34,37-38,43H,4-11,16-21,28H2,1-3H3,(H,48,54,56)/t33-,34-,37+,38+,43?. The van der Waals surface area contributed by atoms with Crippen LogP contribution >= 0.6 is 0 Å². The molecule has 16 nitrogen and oxygen atoms in total.